The molecule has 0 fully saturated rings. The van der Waals surface area contributed by atoms with Gasteiger partial charge in [-0.3, -0.25) is 0 Å². The van der Waals surface area contributed by atoms with Crippen molar-refractivity contribution >= 4 is 29.0 Å². The number of para-hydroxylation sites is 2. The minimum absolute atomic E-state index is 0.445. The predicted octanol–water partition coefficient (Wildman–Crippen LogP) is 4.01. The third kappa shape index (κ3) is 4.15. The zero-order valence-corrected chi connectivity index (χ0v) is 16.1. The van der Waals surface area contributed by atoms with E-state index in [-0.39, 0.29) is 0 Å². The summed E-state index contributed by atoms with van der Waals surface area (Å²) in [6.07, 6.45) is 4.61. The molecule has 0 radical (unpaired) electrons. The first kappa shape index (κ1) is 19.2. The molecule has 4 rings (SSSR count). The molecule has 7 nitrogen and oxygen atoms in total. The Labute approximate surface area is 172 Å². The van der Waals surface area contributed by atoms with Gasteiger partial charge in [-0.05, 0) is 30.3 Å². The monoisotopic (exact) mass is 402 g/mol. The number of methoxy groups -OCH3 is 1. The summed E-state index contributed by atoms with van der Waals surface area (Å²) in [6.45, 7) is -0.445. The summed E-state index contributed by atoms with van der Waals surface area (Å²) >= 11 is 0. The van der Waals surface area contributed by atoms with Gasteiger partial charge in [0, 0.05) is 23.2 Å². The molecule has 0 amide bonds. The van der Waals surface area contributed by atoms with Crippen molar-refractivity contribution in [2.75, 3.05) is 13.7 Å². The Morgan fingerprint density at radius 2 is 1.87 bits per heavy atom. The molecule has 0 atom stereocenters. The first-order valence-corrected chi connectivity index (χ1v) is 9.20. The summed E-state index contributed by atoms with van der Waals surface area (Å²) in [5.74, 6) is -0.714. The van der Waals surface area contributed by atoms with E-state index in [1.807, 2.05) is 60.7 Å². The van der Waals surface area contributed by atoms with Crippen molar-refractivity contribution in [1.29, 1.82) is 0 Å². The van der Waals surface area contributed by atoms with Gasteiger partial charge in [-0.25, -0.2) is 14.3 Å². The van der Waals surface area contributed by atoms with Crippen LogP contribution in [0.1, 0.15) is 5.56 Å². The highest BCUT2D eigenvalue weighted by Gasteiger charge is 2.15. The van der Waals surface area contributed by atoms with E-state index in [1.165, 1.54) is 13.2 Å². The number of carbonyl (C=O) groups excluding carboxylic acids is 2. The van der Waals surface area contributed by atoms with Crippen molar-refractivity contribution < 1.29 is 23.5 Å². The summed E-state index contributed by atoms with van der Waals surface area (Å²) in [6, 6.07) is 19.2. The lowest BCUT2D eigenvalue weighted by molar-refractivity contribution is -0.154. The summed E-state index contributed by atoms with van der Waals surface area (Å²) in [5.41, 5.74) is 2.84. The molecular weight excluding hydrogens is 384 g/mol. The molecule has 7 heteroatoms. The smallest absolute Gasteiger partial charge is 0.344 e. The second-order valence-electron chi connectivity index (χ2n) is 6.38. The molecule has 150 valence electrons. The number of ether oxygens (including phenoxy) is 2. The molecule has 2 aromatic heterocycles. The van der Waals surface area contributed by atoms with Gasteiger partial charge in [-0.15, -0.1) is 0 Å². The minimum atomic E-state index is -0.664. The fourth-order valence-corrected chi connectivity index (χ4v) is 2.91. The number of hydrogen-bond donors (Lipinski definition) is 0. The lowest BCUT2D eigenvalue weighted by Crippen LogP contribution is -2.13. The van der Waals surface area contributed by atoms with Crippen molar-refractivity contribution in [2.45, 2.75) is 0 Å². The van der Waals surface area contributed by atoms with Crippen LogP contribution in [0.3, 0.4) is 0 Å². The number of carbonyl (C=O) groups is 2. The van der Waals surface area contributed by atoms with Gasteiger partial charge in [-0.1, -0.05) is 36.4 Å². The largest absolute Gasteiger partial charge is 0.466 e. The van der Waals surface area contributed by atoms with Crippen LogP contribution in [-0.4, -0.2) is 35.4 Å². The SMILES string of the molecule is COC(=O)COC(=O)/C=C\c1cn(-c2ccccc2)nc1-c1cc2ccccc2o1. The maximum atomic E-state index is 11.9. The minimum Gasteiger partial charge on any atom is -0.466 e. The van der Waals surface area contributed by atoms with Gasteiger partial charge in [0.15, 0.2) is 12.4 Å². The van der Waals surface area contributed by atoms with Crippen LogP contribution in [-0.2, 0) is 19.1 Å². The molecule has 2 aromatic carbocycles. The number of furan rings is 1. The molecule has 0 aliphatic rings. The molecule has 4 aromatic rings. The number of aromatic nitrogens is 2. The maximum absolute atomic E-state index is 11.9. The van der Waals surface area contributed by atoms with E-state index >= 15 is 0 Å². The number of esters is 2. The molecule has 0 aliphatic heterocycles. The normalized spacial score (nSPS) is 11.1. The standard InChI is InChI=1S/C23H18N2O5/c1-28-22(27)15-29-21(26)12-11-17-14-25(18-8-3-2-4-9-18)24-23(17)20-13-16-7-5-6-10-19(16)30-20/h2-14H,15H2,1H3/b12-11-. The molecule has 0 aliphatic carbocycles. The van der Waals surface area contributed by atoms with Gasteiger partial charge in [0.1, 0.15) is 11.3 Å². The third-order valence-corrected chi connectivity index (χ3v) is 4.38. The molecule has 30 heavy (non-hydrogen) atoms. The molecular formula is C23H18N2O5. The summed E-state index contributed by atoms with van der Waals surface area (Å²) in [7, 11) is 1.23. The van der Waals surface area contributed by atoms with Gasteiger partial charge in [0.2, 0.25) is 0 Å². The highest BCUT2D eigenvalue weighted by molar-refractivity contribution is 5.90. The number of fused-ring (bicyclic) bond motifs is 1. The van der Waals surface area contributed by atoms with Gasteiger partial charge in [-0.2, -0.15) is 5.10 Å². The summed E-state index contributed by atoms with van der Waals surface area (Å²) in [4.78, 5) is 23.1. The second-order valence-corrected chi connectivity index (χ2v) is 6.38. The molecule has 0 spiro atoms. The Hall–Kier alpha value is -4.13. The van der Waals surface area contributed by atoms with Crippen molar-refractivity contribution in [3.05, 3.63) is 78.5 Å². The van der Waals surface area contributed by atoms with E-state index < -0.39 is 18.5 Å². The molecule has 2 heterocycles. The topological polar surface area (TPSA) is 83.6 Å². The molecule has 0 saturated heterocycles. The Kier molecular flexibility index (Phi) is 5.43. The third-order valence-electron chi connectivity index (χ3n) is 4.38. The Morgan fingerprint density at radius 1 is 1.10 bits per heavy atom. The number of nitrogens with zero attached hydrogens (tertiary/aromatic N) is 2. The van der Waals surface area contributed by atoms with Crippen LogP contribution in [0.15, 0.2) is 77.4 Å². The molecule has 0 N–H and O–H groups in total. The van der Waals surface area contributed by atoms with Crippen LogP contribution in [0, 0.1) is 0 Å². The quantitative estimate of drug-likeness (QED) is 0.358. The first-order valence-electron chi connectivity index (χ1n) is 9.20. The average molecular weight is 402 g/mol. The van der Waals surface area contributed by atoms with Gasteiger partial charge < -0.3 is 13.9 Å². The van der Waals surface area contributed by atoms with Gasteiger partial charge in [0.25, 0.3) is 0 Å². The second kappa shape index (κ2) is 8.48. The maximum Gasteiger partial charge on any atom is 0.344 e. The van der Waals surface area contributed by atoms with Crippen LogP contribution in [0.25, 0.3) is 34.2 Å². The first-order chi connectivity index (χ1) is 14.6. The zero-order valence-electron chi connectivity index (χ0n) is 16.1. The fourth-order valence-electron chi connectivity index (χ4n) is 2.91. The lowest BCUT2D eigenvalue weighted by atomic mass is 10.2. The van der Waals surface area contributed by atoms with E-state index in [0.717, 1.165) is 16.7 Å². The van der Waals surface area contributed by atoms with Crippen molar-refractivity contribution in [1.82, 2.24) is 9.78 Å². The van der Waals surface area contributed by atoms with Crippen LogP contribution in [0.2, 0.25) is 0 Å². The average Bonchev–Trinajstić information content (AvgIpc) is 3.40. The fraction of sp³-hybridized carbons (Fsp3) is 0.0870. The molecule has 0 bridgehead atoms. The number of hydrogen-bond acceptors (Lipinski definition) is 6. The van der Waals surface area contributed by atoms with Crippen molar-refractivity contribution in [3.63, 3.8) is 0 Å². The van der Waals surface area contributed by atoms with Crippen LogP contribution < -0.4 is 0 Å². The molecule has 0 unspecified atom stereocenters. The zero-order chi connectivity index (χ0) is 20.9. The van der Waals surface area contributed by atoms with Crippen LogP contribution >= 0.6 is 0 Å². The van der Waals surface area contributed by atoms with E-state index in [4.69, 9.17) is 9.15 Å². The molecule has 0 saturated carbocycles. The van der Waals surface area contributed by atoms with E-state index in [0.29, 0.717) is 17.0 Å². The predicted molar refractivity (Wildman–Crippen MR) is 111 cm³/mol. The highest BCUT2D eigenvalue weighted by Crippen LogP contribution is 2.30. The number of benzene rings is 2. The summed E-state index contributed by atoms with van der Waals surface area (Å²) < 4.78 is 17.0. The van der Waals surface area contributed by atoms with E-state index in [1.54, 1.807) is 17.0 Å². The van der Waals surface area contributed by atoms with Crippen LogP contribution in [0.4, 0.5) is 0 Å². The Morgan fingerprint density at radius 3 is 2.63 bits per heavy atom. The van der Waals surface area contributed by atoms with Gasteiger partial charge in [0.05, 0.1) is 12.8 Å². The van der Waals surface area contributed by atoms with Crippen molar-refractivity contribution in [2.24, 2.45) is 0 Å². The Bertz CT molecular complexity index is 1190. The van der Waals surface area contributed by atoms with Gasteiger partial charge >= 0.3 is 11.9 Å². The van der Waals surface area contributed by atoms with E-state index in [9.17, 15) is 9.59 Å². The van der Waals surface area contributed by atoms with Crippen molar-refractivity contribution in [3.8, 4) is 17.1 Å². The Balaban J connectivity index is 1.69. The lowest BCUT2D eigenvalue weighted by Gasteiger charge is -1.99. The highest BCUT2D eigenvalue weighted by atomic mass is 16.6. The van der Waals surface area contributed by atoms with Crippen LogP contribution in [0.5, 0.6) is 0 Å². The number of rotatable bonds is 6. The summed E-state index contributed by atoms with van der Waals surface area (Å²) in [5, 5.41) is 5.61. The van der Waals surface area contributed by atoms with E-state index in [2.05, 4.69) is 9.84 Å².